The standard InChI is InChI=1S/C11H14N2/c1-9-4-2-3-5-10(9)8-11-12-6-7-13-11/h2-5H,6-8H2,1H3,(H,12,13). The fourth-order valence-corrected chi connectivity index (χ4v) is 1.55. The van der Waals surface area contributed by atoms with Crippen LogP contribution < -0.4 is 5.32 Å². The Balaban J connectivity index is 2.13. The van der Waals surface area contributed by atoms with Gasteiger partial charge in [-0.25, -0.2) is 0 Å². The smallest absolute Gasteiger partial charge is 0.101 e. The molecule has 0 spiro atoms. The Kier molecular flexibility index (Phi) is 2.30. The fraction of sp³-hybridized carbons (Fsp3) is 0.364. The van der Waals surface area contributed by atoms with Gasteiger partial charge in [0, 0.05) is 13.0 Å². The lowest BCUT2D eigenvalue weighted by atomic mass is 10.1. The Morgan fingerprint density at radius 2 is 2.23 bits per heavy atom. The number of hydrogen-bond acceptors (Lipinski definition) is 2. The molecule has 13 heavy (non-hydrogen) atoms. The molecule has 1 aromatic carbocycles. The van der Waals surface area contributed by atoms with Crippen molar-refractivity contribution in [3.05, 3.63) is 35.4 Å². The first-order chi connectivity index (χ1) is 6.36. The SMILES string of the molecule is Cc1ccccc1CC1=NCCN1. The second kappa shape index (κ2) is 3.60. The summed E-state index contributed by atoms with van der Waals surface area (Å²) in [5, 5.41) is 3.28. The lowest BCUT2D eigenvalue weighted by molar-refractivity contribution is 0.953. The highest BCUT2D eigenvalue weighted by Crippen LogP contribution is 2.08. The van der Waals surface area contributed by atoms with Crippen molar-refractivity contribution in [3.63, 3.8) is 0 Å². The van der Waals surface area contributed by atoms with Gasteiger partial charge in [0.25, 0.3) is 0 Å². The molecule has 68 valence electrons. The van der Waals surface area contributed by atoms with Gasteiger partial charge < -0.3 is 5.32 Å². The molecule has 0 bridgehead atoms. The van der Waals surface area contributed by atoms with Crippen molar-refractivity contribution < 1.29 is 0 Å². The second-order valence-corrected chi connectivity index (χ2v) is 3.36. The van der Waals surface area contributed by atoms with Gasteiger partial charge in [0.15, 0.2) is 0 Å². The van der Waals surface area contributed by atoms with Crippen LogP contribution >= 0.6 is 0 Å². The van der Waals surface area contributed by atoms with Crippen molar-refractivity contribution in [1.82, 2.24) is 5.32 Å². The maximum atomic E-state index is 4.38. The third kappa shape index (κ3) is 1.89. The zero-order valence-electron chi connectivity index (χ0n) is 7.88. The van der Waals surface area contributed by atoms with Crippen LogP contribution in [-0.2, 0) is 6.42 Å². The number of nitrogens with zero attached hydrogens (tertiary/aromatic N) is 1. The Labute approximate surface area is 78.7 Å². The number of hydrogen-bond donors (Lipinski definition) is 1. The molecule has 0 aliphatic carbocycles. The summed E-state index contributed by atoms with van der Waals surface area (Å²) < 4.78 is 0. The molecule has 1 heterocycles. The van der Waals surface area contributed by atoms with E-state index in [9.17, 15) is 0 Å². The lowest BCUT2D eigenvalue weighted by Crippen LogP contribution is -2.20. The predicted molar refractivity (Wildman–Crippen MR) is 55.2 cm³/mol. The number of amidine groups is 1. The quantitative estimate of drug-likeness (QED) is 0.722. The Morgan fingerprint density at radius 1 is 1.38 bits per heavy atom. The molecule has 1 aliphatic rings. The minimum atomic E-state index is 0.932. The minimum absolute atomic E-state index is 0.932. The van der Waals surface area contributed by atoms with Gasteiger partial charge in [-0.05, 0) is 18.1 Å². The molecule has 2 nitrogen and oxygen atoms in total. The number of rotatable bonds is 2. The molecule has 1 aromatic rings. The van der Waals surface area contributed by atoms with Crippen molar-refractivity contribution in [2.45, 2.75) is 13.3 Å². The normalized spacial score (nSPS) is 15.3. The van der Waals surface area contributed by atoms with E-state index in [0.29, 0.717) is 0 Å². The van der Waals surface area contributed by atoms with Crippen molar-refractivity contribution in [3.8, 4) is 0 Å². The third-order valence-corrected chi connectivity index (χ3v) is 2.36. The van der Waals surface area contributed by atoms with E-state index in [0.717, 1.165) is 25.3 Å². The molecule has 0 saturated carbocycles. The topological polar surface area (TPSA) is 24.4 Å². The van der Waals surface area contributed by atoms with E-state index in [2.05, 4.69) is 41.5 Å². The van der Waals surface area contributed by atoms with Crippen LogP contribution in [-0.4, -0.2) is 18.9 Å². The van der Waals surface area contributed by atoms with Gasteiger partial charge in [-0.3, -0.25) is 4.99 Å². The van der Waals surface area contributed by atoms with Crippen LogP contribution in [0.4, 0.5) is 0 Å². The van der Waals surface area contributed by atoms with E-state index in [1.54, 1.807) is 0 Å². The summed E-state index contributed by atoms with van der Waals surface area (Å²) in [7, 11) is 0. The van der Waals surface area contributed by atoms with Gasteiger partial charge in [-0.1, -0.05) is 24.3 Å². The van der Waals surface area contributed by atoms with Gasteiger partial charge in [-0.15, -0.1) is 0 Å². The second-order valence-electron chi connectivity index (χ2n) is 3.36. The van der Waals surface area contributed by atoms with Crippen LogP contribution in [0.2, 0.25) is 0 Å². The molecule has 1 aliphatic heterocycles. The summed E-state index contributed by atoms with van der Waals surface area (Å²) in [5.74, 6) is 1.13. The molecule has 0 fully saturated rings. The van der Waals surface area contributed by atoms with Gasteiger partial charge in [0.05, 0.1) is 6.54 Å². The summed E-state index contributed by atoms with van der Waals surface area (Å²) in [6.45, 7) is 4.08. The molecule has 0 radical (unpaired) electrons. The molecule has 0 atom stereocenters. The molecule has 2 heteroatoms. The van der Waals surface area contributed by atoms with Crippen molar-refractivity contribution in [2.75, 3.05) is 13.1 Å². The highest BCUT2D eigenvalue weighted by molar-refractivity contribution is 5.85. The summed E-state index contributed by atoms with van der Waals surface area (Å²) in [4.78, 5) is 4.38. The third-order valence-electron chi connectivity index (χ3n) is 2.36. The minimum Gasteiger partial charge on any atom is -0.372 e. The van der Waals surface area contributed by atoms with Crippen LogP contribution in [0.1, 0.15) is 11.1 Å². The average molecular weight is 174 g/mol. The maximum Gasteiger partial charge on any atom is 0.101 e. The first kappa shape index (κ1) is 8.30. The Hall–Kier alpha value is -1.31. The molecule has 0 aromatic heterocycles. The van der Waals surface area contributed by atoms with Crippen LogP contribution in [0.5, 0.6) is 0 Å². The largest absolute Gasteiger partial charge is 0.372 e. The summed E-state index contributed by atoms with van der Waals surface area (Å²) in [5.41, 5.74) is 2.72. The molecule has 0 amide bonds. The summed E-state index contributed by atoms with van der Waals surface area (Å²) in [6, 6.07) is 8.46. The molecule has 2 rings (SSSR count). The summed E-state index contributed by atoms with van der Waals surface area (Å²) in [6.07, 6.45) is 0.951. The Bertz CT molecular complexity index is 329. The van der Waals surface area contributed by atoms with Crippen molar-refractivity contribution >= 4 is 5.84 Å². The van der Waals surface area contributed by atoms with Crippen molar-refractivity contribution in [2.24, 2.45) is 4.99 Å². The van der Waals surface area contributed by atoms with Crippen LogP contribution in [0.25, 0.3) is 0 Å². The van der Waals surface area contributed by atoms with E-state index in [1.165, 1.54) is 11.1 Å². The number of benzene rings is 1. The predicted octanol–water partition coefficient (Wildman–Crippen LogP) is 1.54. The first-order valence-electron chi connectivity index (χ1n) is 4.68. The van der Waals surface area contributed by atoms with Gasteiger partial charge in [-0.2, -0.15) is 0 Å². The zero-order valence-corrected chi connectivity index (χ0v) is 7.88. The number of aryl methyl sites for hydroxylation is 1. The van der Waals surface area contributed by atoms with Crippen molar-refractivity contribution in [1.29, 1.82) is 0 Å². The molecular weight excluding hydrogens is 160 g/mol. The first-order valence-corrected chi connectivity index (χ1v) is 4.68. The maximum absolute atomic E-state index is 4.38. The van der Waals surface area contributed by atoms with Crippen LogP contribution in [0.15, 0.2) is 29.3 Å². The van der Waals surface area contributed by atoms with Gasteiger partial charge >= 0.3 is 0 Å². The van der Waals surface area contributed by atoms with E-state index in [1.807, 2.05) is 0 Å². The highest BCUT2D eigenvalue weighted by Gasteiger charge is 2.06. The lowest BCUT2D eigenvalue weighted by Gasteiger charge is -2.05. The van der Waals surface area contributed by atoms with Crippen LogP contribution in [0, 0.1) is 6.92 Å². The summed E-state index contributed by atoms with van der Waals surface area (Å²) >= 11 is 0. The van der Waals surface area contributed by atoms with E-state index in [-0.39, 0.29) is 0 Å². The number of nitrogens with one attached hydrogen (secondary N) is 1. The van der Waals surface area contributed by atoms with E-state index >= 15 is 0 Å². The Morgan fingerprint density at radius 3 is 2.92 bits per heavy atom. The fourth-order valence-electron chi connectivity index (χ4n) is 1.55. The van der Waals surface area contributed by atoms with Gasteiger partial charge in [0.1, 0.15) is 5.84 Å². The van der Waals surface area contributed by atoms with E-state index in [4.69, 9.17) is 0 Å². The molecule has 1 N–H and O–H groups in total. The van der Waals surface area contributed by atoms with Gasteiger partial charge in [0.2, 0.25) is 0 Å². The monoisotopic (exact) mass is 174 g/mol. The molecular formula is C11H14N2. The van der Waals surface area contributed by atoms with Crippen LogP contribution in [0.3, 0.4) is 0 Å². The average Bonchev–Trinajstić information content (AvgIpc) is 2.61. The highest BCUT2D eigenvalue weighted by atomic mass is 15.1. The molecule has 0 saturated heterocycles. The molecule has 0 unspecified atom stereocenters. The van der Waals surface area contributed by atoms with E-state index < -0.39 is 0 Å². The zero-order chi connectivity index (χ0) is 9.10. The number of aliphatic imine (C=N–C) groups is 1.